The molecule has 11 nitrogen and oxygen atoms in total. The summed E-state index contributed by atoms with van der Waals surface area (Å²) >= 11 is 1.60. The smallest absolute Gasteiger partial charge is 0.293 e. The average Bonchev–Trinajstić information content (AvgIpc) is 3.37. The van der Waals surface area contributed by atoms with Gasteiger partial charge in [0.15, 0.2) is 5.82 Å². The topological polar surface area (TPSA) is 129 Å². The van der Waals surface area contributed by atoms with Crippen molar-refractivity contribution < 1.29 is 19.4 Å². The monoisotopic (exact) mass is 682 g/mol. The zero-order valence-corrected chi connectivity index (χ0v) is 28.7. The van der Waals surface area contributed by atoms with Gasteiger partial charge >= 0.3 is 0 Å². The number of hydrogen-bond acceptors (Lipinski definition) is 9. The maximum Gasteiger partial charge on any atom is 0.293 e. The summed E-state index contributed by atoms with van der Waals surface area (Å²) in [6, 6.07) is 14.8. The number of aliphatic hydroxyl groups excluding tert-OH is 1. The molecule has 0 spiro atoms. The molecule has 2 amide bonds. The summed E-state index contributed by atoms with van der Waals surface area (Å²) in [7, 11) is 1.69. The summed E-state index contributed by atoms with van der Waals surface area (Å²) in [5.41, 5.74) is 5.45. The number of likely N-dealkylation sites (tertiary alicyclic amines) is 1. The van der Waals surface area contributed by atoms with Gasteiger partial charge in [-0.1, -0.05) is 30.7 Å². The molecule has 2 aromatic heterocycles. The second-order valence-electron chi connectivity index (χ2n) is 13.1. The minimum atomic E-state index is -0.481. The number of amides is 2. The third kappa shape index (κ3) is 7.04. The highest BCUT2D eigenvalue weighted by molar-refractivity contribution is 7.14. The lowest BCUT2D eigenvalue weighted by Crippen LogP contribution is -2.57. The molecule has 3 aliphatic rings. The number of aliphatic hydroxyl groups is 1. The van der Waals surface area contributed by atoms with Crippen LogP contribution in [0.15, 0.2) is 59.5 Å². The Morgan fingerprint density at radius 2 is 1.80 bits per heavy atom. The van der Waals surface area contributed by atoms with E-state index in [1.807, 2.05) is 49.4 Å². The van der Waals surface area contributed by atoms with Gasteiger partial charge in [0.05, 0.1) is 29.9 Å². The quantitative estimate of drug-likeness (QED) is 0.229. The summed E-state index contributed by atoms with van der Waals surface area (Å²) in [5.74, 6) is 0.0180. The molecule has 4 aromatic rings. The summed E-state index contributed by atoms with van der Waals surface area (Å²) in [4.78, 5) is 50.6. The molecule has 1 aliphatic carbocycles. The SMILES string of the molecule is Cc1c(NC(=O)c2cc3c(s2)CCCCC3)cccc1-c1cn(C)c(=O)c(Nc2ccc(C(C(=O)N3CC(O)C3)N3CCOCC3)cc2)n1. The first-order chi connectivity index (χ1) is 23.7. The molecular weight excluding hydrogens is 641 g/mol. The molecule has 4 heterocycles. The predicted octanol–water partition coefficient (Wildman–Crippen LogP) is 4.66. The van der Waals surface area contributed by atoms with Crippen molar-refractivity contribution in [3.63, 3.8) is 0 Å². The first kappa shape index (κ1) is 33.2. The molecule has 12 heteroatoms. The van der Waals surface area contributed by atoms with E-state index in [0.29, 0.717) is 56.5 Å². The van der Waals surface area contributed by atoms with Gasteiger partial charge in [0, 0.05) is 61.2 Å². The third-order valence-electron chi connectivity index (χ3n) is 9.71. The zero-order chi connectivity index (χ0) is 34.1. The lowest BCUT2D eigenvalue weighted by Gasteiger charge is -2.42. The Morgan fingerprint density at radius 3 is 2.55 bits per heavy atom. The van der Waals surface area contributed by atoms with Crippen molar-refractivity contribution in [3.8, 4) is 11.3 Å². The van der Waals surface area contributed by atoms with Crippen molar-refractivity contribution >= 4 is 40.3 Å². The number of β-amino-alcohol motifs (C(OH)–C–C–N with tert-alkyl or cyclic N) is 1. The molecule has 2 saturated heterocycles. The van der Waals surface area contributed by atoms with Gasteiger partial charge in [0.2, 0.25) is 5.91 Å². The normalized spacial score (nSPS) is 17.5. The van der Waals surface area contributed by atoms with Crippen LogP contribution < -0.4 is 16.2 Å². The van der Waals surface area contributed by atoms with E-state index < -0.39 is 12.1 Å². The maximum absolute atomic E-state index is 13.5. The van der Waals surface area contributed by atoms with E-state index in [2.05, 4.69) is 21.6 Å². The van der Waals surface area contributed by atoms with E-state index in [1.54, 1.807) is 29.5 Å². The van der Waals surface area contributed by atoms with Crippen LogP contribution in [-0.2, 0) is 29.4 Å². The van der Waals surface area contributed by atoms with Gasteiger partial charge in [0.1, 0.15) is 6.04 Å². The highest BCUT2D eigenvalue weighted by Crippen LogP contribution is 2.32. The number of fused-ring (bicyclic) bond motifs is 1. The lowest BCUT2D eigenvalue weighted by atomic mass is 10.0. The summed E-state index contributed by atoms with van der Waals surface area (Å²) in [5, 5.41) is 16.1. The van der Waals surface area contributed by atoms with Gasteiger partial charge in [-0.25, -0.2) is 4.98 Å². The second-order valence-corrected chi connectivity index (χ2v) is 14.3. The first-order valence-electron chi connectivity index (χ1n) is 17.0. The van der Waals surface area contributed by atoms with Crippen molar-refractivity contribution in [2.24, 2.45) is 7.05 Å². The number of carbonyl (C=O) groups excluding carboxylic acids is 2. The Kier molecular flexibility index (Phi) is 9.64. The van der Waals surface area contributed by atoms with Crippen LogP contribution in [0.3, 0.4) is 0 Å². The van der Waals surface area contributed by atoms with E-state index in [0.717, 1.165) is 34.4 Å². The number of rotatable bonds is 8. The number of morpholine rings is 1. The predicted molar refractivity (Wildman–Crippen MR) is 191 cm³/mol. The molecule has 256 valence electrons. The Morgan fingerprint density at radius 1 is 1.04 bits per heavy atom. The highest BCUT2D eigenvalue weighted by atomic mass is 32.1. The largest absolute Gasteiger partial charge is 0.389 e. The first-order valence-corrected chi connectivity index (χ1v) is 17.8. The Labute approximate surface area is 289 Å². The molecule has 7 rings (SSSR count). The summed E-state index contributed by atoms with van der Waals surface area (Å²) in [6.07, 6.45) is 6.88. The molecule has 49 heavy (non-hydrogen) atoms. The summed E-state index contributed by atoms with van der Waals surface area (Å²) < 4.78 is 7.02. The molecule has 0 saturated carbocycles. The standard InChI is InChI=1S/C37H42N6O5S/c1-23-28(8-6-9-29(23)40-35(45)32-19-25-7-4-3-5-10-31(25)49-32)30-22-41(2)37(47)34(39-30)38-26-13-11-24(12-14-26)33(42-15-17-48-18-16-42)36(46)43-20-27(44)21-43/h6,8-9,11-14,19,22,27,33,44H,3-5,7,10,15-18,20-21H2,1-2H3,(H,38,39)(H,40,45). The minimum absolute atomic E-state index is 0.0325. The number of hydrogen-bond donors (Lipinski definition) is 3. The number of nitrogens with one attached hydrogen (secondary N) is 2. The molecule has 3 N–H and O–H groups in total. The van der Waals surface area contributed by atoms with E-state index in [1.165, 1.54) is 34.3 Å². The van der Waals surface area contributed by atoms with Crippen LogP contribution in [0.2, 0.25) is 0 Å². The fraction of sp³-hybridized carbons (Fsp3) is 0.405. The number of ether oxygens (including phenoxy) is 1. The van der Waals surface area contributed by atoms with Gasteiger partial charge in [-0.3, -0.25) is 19.3 Å². The van der Waals surface area contributed by atoms with Gasteiger partial charge in [-0.15, -0.1) is 11.3 Å². The number of anilines is 3. The van der Waals surface area contributed by atoms with E-state index in [4.69, 9.17) is 9.72 Å². The second kappa shape index (κ2) is 14.2. The maximum atomic E-state index is 13.5. The van der Waals surface area contributed by atoms with Crippen LogP contribution in [0.5, 0.6) is 0 Å². The van der Waals surface area contributed by atoms with Crippen LogP contribution >= 0.6 is 11.3 Å². The average molecular weight is 683 g/mol. The van der Waals surface area contributed by atoms with E-state index in [-0.39, 0.29) is 23.2 Å². The van der Waals surface area contributed by atoms with Crippen molar-refractivity contribution in [3.05, 3.63) is 91.5 Å². The van der Waals surface area contributed by atoms with Crippen LogP contribution in [-0.4, -0.2) is 81.8 Å². The number of thiophene rings is 1. The lowest BCUT2D eigenvalue weighted by molar-refractivity contribution is -0.149. The number of aromatic nitrogens is 2. The zero-order valence-electron chi connectivity index (χ0n) is 27.9. The molecule has 1 atom stereocenters. The third-order valence-corrected chi connectivity index (χ3v) is 10.9. The molecule has 2 fully saturated rings. The van der Waals surface area contributed by atoms with Crippen LogP contribution in [0, 0.1) is 6.92 Å². The minimum Gasteiger partial charge on any atom is -0.389 e. The van der Waals surface area contributed by atoms with Crippen molar-refractivity contribution in [2.45, 2.75) is 51.2 Å². The molecule has 0 radical (unpaired) electrons. The fourth-order valence-electron chi connectivity index (χ4n) is 6.87. The Bertz CT molecular complexity index is 1890. The number of aryl methyl sites for hydroxylation is 3. The fourth-order valence-corrected chi connectivity index (χ4v) is 8.02. The number of nitrogens with zero attached hydrogens (tertiary/aromatic N) is 4. The van der Waals surface area contributed by atoms with Gasteiger partial charge < -0.3 is 29.9 Å². The van der Waals surface area contributed by atoms with E-state index in [9.17, 15) is 19.5 Å². The Balaban J connectivity index is 1.10. The van der Waals surface area contributed by atoms with Gasteiger partial charge in [-0.05, 0) is 73.6 Å². The van der Waals surface area contributed by atoms with Crippen LogP contribution in [0.25, 0.3) is 11.3 Å². The van der Waals surface area contributed by atoms with Gasteiger partial charge in [-0.2, -0.15) is 0 Å². The van der Waals surface area contributed by atoms with Crippen molar-refractivity contribution in [2.75, 3.05) is 50.0 Å². The van der Waals surface area contributed by atoms with Crippen LogP contribution in [0.4, 0.5) is 17.2 Å². The highest BCUT2D eigenvalue weighted by Gasteiger charge is 2.37. The Hall–Kier alpha value is -4.36. The van der Waals surface area contributed by atoms with Crippen LogP contribution in [0.1, 0.15) is 56.5 Å². The number of benzene rings is 2. The molecule has 1 unspecified atom stereocenters. The summed E-state index contributed by atoms with van der Waals surface area (Å²) in [6.45, 7) is 5.02. The van der Waals surface area contributed by atoms with Crippen molar-refractivity contribution in [1.29, 1.82) is 0 Å². The molecular formula is C37H42N6O5S. The van der Waals surface area contributed by atoms with Gasteiger partial charge in [0.25, 0.3) is 11.5 Å². The number of carbonyl (C=O) groups is 2. The molecule has 2 aliphatic heterocycles. The molecule has 0 bridgehead atoms. The van der Waals surface area contributed by atoms with E-state index >= 15 is 0 Å². The van der Waals surface area contributed by atoms with Crippen molar-refractivity contribution in [1.82, 2.24) is 19.4 Å². The molecule has 2 aromatic carbocycles.